The van der Waals surface area contributed by atoms with Gasteiger partial charge in [0.25, 0.3) is 0 Å². The summed E-state index contributed by atoms with van der Waals surface area (Å²) in [5.74, 6) is 0.349. The van der Waals surface area contributed by atoms with E-state index in [9.17, 15) is 4.21 Å². The molecule has 19 heavy (non-hydrogen) atoms. The molecule has 1 unspecified atom stereocenters. The van der Waals surface area contributed by atoms with Gasteiger partial charge in [-0.2, -0.15) is 5.26 Å². The van der Waals surface area contributed by atoms with Crippen molar-refractivity contribution in [1.82, 2.24) is 0 Å². The lowest BCUT2D eigenvalue weighted by molar-refractivity contribution is 0.683. The Morgan fingerprint density at radius 3 is 2.74 bits per heavy atom. The topological polar surface area (TPSA) is 66.9 Å². The molecule has 0 fully saturated rings. The standard InChI is InChI=1S/C14H11BrN2OS/c15-12-4-5-14(13(17)7-12)19(18)9-11-3-1-2-10(6-11)8-16/h1-7H,9,17H2. The third-order valence-electron chi connectivity index (χ3n) is 2.57. The monoisotopic (exact) mass is 334 g/mol. The van der Waals surface area contributed by atoms with Crippen LogP contribution in [0.1, 0.15) is 11.1 Å². The first-order valence-electron chi connectivity index (χ1n) is 5.52. The number of nitrogens with zero attached hydrogens (tertiary/aromatic N) is 1. The van der Waals surface area contributed by atoms with E-state index < -0.39 is 10.8 Å². The zero-order valence-electron chi connectivity index (χ0n) is 9.97. The first kappa shape index (κ1) is 13.8. The van der Waals surface area contributed by atoms with Gasteiger partial charge in [0.15, 0.2) is 0 Å². The van der Waals surface area contributed by atoms with Crippen LogP contribution in [0.15, 0.2) is 51.8 Å². The van der Waals surface area contributed by atoms with Crippen LogP contribution in [0.2, 0.25) is 0 Å². The number of rotatable bonds is 3. The van der Waals surface area contributed by atoms with Crippen molar-refractivity contribution in [3.8, 4) is 6.07 Å². The van der Waals surface area contributed by atoms with Crippen molar-refractivity contribution >= 4 is 32.4 Å². The van der Waals surface area contributed by atoms with Crippen LogP contribution < -0.4 is 5.73 Å². The van der Waals surface area contributed by atoms with Crippen molar-refractivity contribution in [2.75, 3.05) is 5.73 Å². The van der Waals surface area contributed by atoms with Crippen molar-refractivity contribution in [2.45, 2.75) is 10.6 Å². The van der Waals surface area contributed by atoms with Gasteiger partial charge in [0.1, 0.15) is 0 Å². The maximum absolute atomic E-state index is 12.3. The normalized spacial score (nSPS) is 11.8. The molecule has 0 bridgehead atoms. The Labute approximate surface area is 122 Å². The highest BCUT2D eigenvalue weighted by Crippen LogP contribution is 2.23. The van der Waals surface area contributed by atoms with E-state index >= 15 is 0 Å². The second kappa shape index (κ2) is 6.00. The van der Waals surface area contributed by atoms with Gasteiger partial charge in [0, 0.05) is 10.2 Å². The largest absolute Gasteiger partial charge is 0.398 e. The average molecular weight is 335 g/mol. The highest BCUT2D eigenvalue weighted by atomic mass is 79.9. The molecule has 0 amide bonds. The minimum atomic E-state index is -1.22. The zero-order valence-corrected chi connectivity index (χ0v) is 12.4. The highest BCUT2D eigenvalue weighted by molar-refractivity contribution is 9.10. The number of nitriles is 1. The van der Waals surface area contributed by atoms with Crippen molar-refractivity contribution < 1.29 is 4.21 Å². The predicted molar refractivity (Wildman–Crippen MR) is 79.8 cm³/mol. The van der Waals surface area contributed by atoms with Crippen LogP contribution in [0.4, 0.5) is 5.69 Å². The third-order valence-corrected chi connectivity index (χ3v) is 4.52. The number of hydrogen-bond donors (Lipinski definition) is 1. The molecule has 2 N–H and O–H groups in total. The van der Waals surface area contributed by atoms with Gasteiger partial charge in [0.05, 0.1) is 33.1 Å². The van der Waals surface area contributed by atoms with Crippen LogP contribution in [0, 0.1) is 11.3 Å². The summed E-state index contributed by atoms with van der Waals surface area (Å²) in [6.45, 7) is 0. The highest BCUT2D eigenvalue weighted by Gasteiger charge is 2.09. The molecule has 0 aliphatic carbocycles. The zero-order chi connectivity index (χ0) is 13.8. The third kappa shape index (κ3) is 3.43. The summed E-state index contributed by atoms with van der Waals surface area (Å²) < 4.78 is 13.1. The first-order valence-corrected chi connectivity index (χ1v) is 7.64. The molecule has 1 atom stereocenters. The van der Waals surface area contributed by atoms with Gasteiger partial charge in [-0.1, -0.05) is 28.1 Å². The Bertz CT molecular complexity index is 679. The quantitative estimate of drug-likeness (QED) is 0.876. The number of hydrogen-bond acceptors (Lipinski definition) is 3. The van der Waals surface area contributed by atoms with Crippen LogP contribution in [0.3, 0.4) is 0 Å². The van der Waals surface area contributed by atoms with E-state index in [1.165, 1.54) is 0 Å². The fourth-order valence-electron chi connectivity index (χ4n) is 1.69. The summed E-state index contributed by atoms with van der Waals surface area (Å²) in [5, 5.41) is 8.84. The summed E-state index contributed by atoms with van der Waals surface area (Å²) in [5.41, 5.74) is 7.79. The molecule has 2 aromatic carbocycles. The molecule has 0 aliphatic heterocycles. The van der Waals surface area contributed by atoms with E-state index in [0.29, 0.717) is 21.9 Å². The fraction of sp³-hybridized carbons (Fsp3) is 0.0714. The first-order chi connectivity index (χ1) is 9.10. The lowest BCUT2D eigenvalue weighted by Crippen LogP contribution is -2.01. The maximum atomic E-state index is 12.3. The molecule has 0 spiro atoms. The number of halogens is 1. The van der Waals surface area contributed by atoms with E-state index in [1.54, 1.807) is 30.3 Å². The molecule has 5 heteroatoms. The molecule has 2 aromatic rings. The van der Waals surface area contributed by atoms with Gasteiger partial charge in [-0.3, -0.25) is 4.21 Å². The summed E-state index contributed by atoms with van der Waals surface area (Å²) in [4.78, 5) is 0.616. The lowest BCUT2D eigenvalue weighted by Gasteiger charge is -2.06. The molecule has 0 saturated heterocycles. The minimum absolute atomic E-state index is 0.349. The summed E-state index contributed by atoms with van der Waals surface area (Å²) >= 11 is 3.32. The van der Waals surface area contributed by atoms with Crippen molar-refractivity contribution in [3.05, 3.63) is 58.1 Å². The van der Waals surface area contributed by atoms with E-state index in [4.69, 9.17) is 11.0 Å². The molecule has 0 radical (unpaired) electrons. The Hall–Kier alpha value is -1.64. The van der Waals surface area contributed by atoms with Crippen molar-refractivity contribution in [3.63, 3.8) is 0 Å². The lowest BCUT2D eigenvalue weighted by atomic mass is 10.2. The number of nitrogens with two attached hydrogens (primary N) is 1. The molecular weight excluding hydrogens is 324 g/mol. The Morgan fingerprint density at radius 1 is 1.26 bits per heavy atom. The van der Waals surface area contributed by atoms with E-state index in [-0.39, 0.29) is 0 Å². The van der Waals surface area contributed by atoms with Crippen molar-refractivity contribution in [2.24, 2.45) is 0 Å². The summed E-state index contributed by atoms with van der Waals surface area (Å²) in [6, 6.07) is 14.5. The van der Waals surface area contributed by atoms with Crippen LogP contribution in [0.25, 0.3) is 0 Å². The van der Waals surface area contributed by atoms with Crippen molar-refractivity contribution in [1.29, 1.82) is 5.26 Å². The van der Waals surface area contributed by atoms with Gasteiger partial charge in [-0.05, 0) is 35.9 Å². The van der Waals surface area contributed by atoms with E-state index in [0.717, 1.165) is 10.0 Å². The number of benzene rings is 2. The Morgan fingerprint density at radius 2 is 2.05 bits per heavy atom. The molecule has 0 saturated carbocycles. The second-order valence-electron chi connectivity index (χ2n) is 3.98. The van der Waals surface area contributed by atoms with E-state index in [2.05, 4.69) is 22.0 Å². The van der Waals surface area contributed by atoms with Gasteiger partial charge in [-0.25, -0.2) is 0 Å². The molecule has 0 heterocycles. The Kier molecular flexibility index (Phi) is 4.35. The van der Waals surface area contributed by atoms with Gasteiger partial charge in [0.2, 0.25) is 0 Å². The molecule has 3 nitrogen and oxygen atoms in total. The molecular formula is C14H11BrN2OS. The van der Waals surface area contributed by atoms with Crippen LogP contribution in [0.5, 0.6) is 0 Å². The van der Waals surface area contributed by atoms with Gasteiger partial charge >= 0.3 is 0 Å². The molecule has 0 aliphatic rings. The predicted octanol–water partition coefficient (Wildman–Crippen LogP) is 3.21. The summed E-state index contributed by atoms with van der Waals surface area (Å²) in [6.07, 6.45) is 0. The van der Waals surface area contributed by atoms with E-state index in [1.807, 2.05) is 12.1 Å². The van der Waals surface area contributed by atoms with Crippen LogP contribution >= 0.6 is 15.9 Å². The molecule has 0 aromatic heterocycles. The average Bonchev–Trinajstić information content (AvgIpc) is 2.38. The fourth-order valence-corrected chi connectivity index (χ4v) is 3.24. The number of anilines is 1. The second-order valence-corrected chi connectivity index (χ2v) is 6.32. The van der Waals surface area contributed by atoms with Gasteiger partial charge in [-0.15, -0.1) is 0 Å². The smallest absolute Gasteiger partial charge is 0.0991 e. The van der Waals surface area contributed by atoms with Crippen LogP contribution in [-0.4, -0.2) is 4.21 Å². The SMILES string of the molecule is N#Cc1cccc(CS(=O)c2ccc(Br)cc2N)c1. The maximum Gasteiger partial charge on any atom is 0.0991 e. The van der Waals surface area contributed by atoms with Crippen LogP contribution in [-0.2, 0) is 16.6 Å². The molecule has 2 rings (SSSR count). The minimum Gasteiger partial charge on any atom is -0.398 e. The summed E-state index contributed by atoms with van der Waals surface area (Å²) in [7, 11) is -1.22. The Balaban J connectivity index is 2.23. The van der Waals surface area contributed by atoms with Gasteiger partial charge < -0.3 is 5.73 Å². The molecule has 96 valence electrons. The number of nitrogen functional groups attached to an aromatic ring is 1.